The molecule has 3 rings (SSSR count). The second-order valence-electron chi connectivity index (χ2n) is 4.96. The van der Waals surface area contributed by atoms with Gasteiger partial charge in [0.2, 0.25) is 0 Å². The van der Waals surface area contributed by atoms with E-state index in [1.165, 1.54) is 6.07 Å². The quantitative estimate of drug-likeness (QED) is 0.853. The number of hydrogen-bond donors (Lipinski definition) is 0. The smallest absolute Gasteiger partial charge is 0.239 e. The van der Waals surface area contributed by atoms with Crippen molar-refractivity contribution in [2.45, 2.75) is 29.5 Å². The van der Waals surface area contributed by atoms with Gasteiger partial charge in [-0.15, -0.1) is 5.10 Å². The number of nitriles is 1. The van der Waals surface area contributed by atoms with Crippen molar-refractivity contribution in [1.82, 2.24) is 14.8 Å². The molecule has 6 nitrogen and oxygen atoms in total. The van der Waals surface area contributed by atoms with Gasteiger partial charge < -0.3 is 0 Å². The topological polar surface area (TPSA) is 88.6 Å². The van der Waals surface area contributed by atoms with Crippen LogP contribution < -0.4 is 0 Å². The number of alkyl halides is 3. The second-order valence-corrected chi connectivity index (χ2v) is 6.77. The Balaban J connectivity index is 2.07. The zero-order valence-electron chi connectivity index (χ0n) is 11.4. The van der Waals surface area contributed by atoms with E-state index in [1.807, 2.05) is 6.07 Å². The van der Waals surface area contributed by atoms with Gasteiger partial charge in [0.25, 0.3) is 15.0 Å². The Labute approximate surface area is 129 Å². The Kier molecular flexibility index (Phi) is 3.60. The normalized spacial score (nSPS) is 20.5. The molecule has 0 radical (unpaired) electrons. The molecule has 2 heterocycles. The molecule has 0 amide bonds. The molecule has 0 N–H and O–H groups in total. The summed E-state index contributed by atoms with van der Waals surface area (Å²) in [6.07, 6.45) is -1.68. The van der Waals surface area contributed by atoms with Crippen molar-refractivity contribution in [3.8, 4) is 6.07 Å². The Hall–Kier alpha value is -2.41. The maximum atomic E-state index is 14.1. The first kappa shape index (κ1) is 15.5. The maximum Gasteiger partial charge on any atom is 0.344 e. The van der Waals surface area contributed by atoms with Gasteiger partial charge in [-0.25, -0.2) is 17.5 Å². The predicted molar refractivity (Wildman–Crippen MR) is 71.0 cm³/mol. The summed E-state index contributed by atoms with van der Waals surface area (Å²) in [7, 11) is -4.99. The monoisotopic (exact) mass is 342 g/mol. The van der Waals surface area contributed by atoms with Gasteiger partial charge in [-0.1, -0.05) is 12.1 Å². The summed E-state index contributed by atoms with van der Waals surface area (Å²) in [6.45, 7) is 0. The van der Waals surface area contributed by atoms with Crippen LogP contribution in [-0.2, 0) is 9.84 Å². The third-order valence-corrected chi connectivity index (χ3v) is 4.68. The van der Waals surface area contributed by atoms with E-state index < -0.39 is 33.0 Å². The van der Waals surface area contributed by atoms with Gasteiger partial charge in [-0.2, -0.15) is 19.0 Å². The molecule has 0 saturated carbocycles. The molecule has 0 bridgehead atoms. The molecule has 0 unspecified atom stereocenters. The van der Waals surface area contributed by atoms with Crippen molar-refractivity contribution in [1.29, 1.82) is 5.26 Å². The highest BCUT2D eigenvalue weighted by atomic mass is 32.2. The lowest BCUT2D eigenvalue weighted by Crippen LogP contribution is -2.15. The molecule has 2 aromatic rings. The first-order chi connectivity index (χ1) is 10.8. The first-order valence-corrected chi connectivity index (χ1v) is 8.02. The molecule has 0 fully saturated rings. The fraction of sp³-hybridized carbons (Fsp3) is 0.308. The van der Waals surface area contributed by atoms with E-state index >= 15 is 0 Å². The molecule has 0 spiro atoms. The largest absolute Gasteiger partial charge is 0.344 e. The number of fused-ring (bicyclic) bond motifs is 1. The molecule has 1 aliphatic rings. The number of hydrogen-bond acceptors (Lipinski definition) is 5. The molecule has 0 aliphatic carbocycles. The lowest BCUT2D eigenvalue weighted by atomic mass is 10.0. The highest BCUT2D eigenvalue weighted by molar-refractivity contribution is 7.91. The van der Waals surface area contributed by atoms with Crippen LogP contribution in [0.15, 0.2) is 29.4 Å². The van der Waals surface area contributed by atoms with Crippen molar-refractivity contribution in [3.05, 3.63) is 41.2 Å². The molecule has 1 aliphatic heterocycles. The van der Waals surface area contributed by atoms with Gasteiger partial charge >= 0.3 is 5.76 Å². The summed E-state index contributed by atoms with van der Waals surface area (Å²) in [5, 5.41) is 11.4. The van der Waals surface area contributed by atoms with E-state index in [9.17, 15) is 21.6 Å². The Morgan fingerprint density at radius 2 is 2.13 bits per heavy atom. The summed E-state index contributed by atoms with van der Waals surface area (Å²) in [5.74, 6) is -3.99. The van der Waals surface area contributed by atoms with Gasteiger partial charge in [0, 0.05) is 6.42 Å². The van der Waals surface area contributed by atoms with E-state index in [2.05, 4.69) is 10.1 Å². The highest BCUT2D eigenvalue weighted by Crippen LogP contribution is 2.40. The molecule has 1 aromatic carbocycles. The summed E-state index contributed by atoms with van der Waals surface area (Å²) in [5.41, 5.74) is 0.864. The minimum atomic E-state index is -4.99. The third-order valence-electron chi connectivity index (χ3n) is 3.53. The van der Waals surface area contributed by atoms with E-state index in [0.717, 1.165) is 4.68 Å². The molecule has 10 heteroatoms. The van der Waals surface area contributed by atoms with Crippen LogP contribution in [0.2, 0.25) is 0 Å². The van der Waals surface area contributed by atoms with Gasteiger partial charge in [-0.05, 0) is 17.7 Å². The van der Waals surface area contributed by atoms with Crippen molar-refractivity contribution in [3.63, 3.8) is 0 Å². The van der Waals surface area contributed by atoms with Crippen LogP contribution in [0.4, 0.5) is 13.2 Å². The van der Waals surface area contributed by atoms with Crippen molar-refractivity contribution < 1.29 is 21.6 Å². The first-order valence-electron chi connectivity index (χ1n) is 6.47. The van der Waals surface area contributed by atoms with Crippen LogP contribution in [0.1, 0.15) is 35.6 Å². The molecule has 2 atom stereocenters. The molecule has 0 saturated heterocycles. The lowest BCUT2D eigenvalue weighted by molar-refractivity contribution is 0.233. The van der Waals surface area contributed by atoms with Crippen LogP contribution in [0.3, 0.4) is 0 Å². The predicted octanol–water partition coefficient (Wildman–Crippen LogP) is 2.15. The summed E-state index contributed by atoms with van der Waals surface area (Å²) < 4.78 is 63.1. The van der Waals surface area contributed by atoms with E-state index in [-0.39, 0.29) is 12.2 Å². The minimum absolute atomic E-state index is 0.0563. The fourth-order valence-corrected chi connectivity index (χ4v) is 3.03. The van der Waals surface area contributed by atoms with Crippen LogP contribution in [0.5, 0.6) is 0 Å². The summed E-state index contributed by atoms with van der Waals surface area (Å²) in [6, 6.07) is 7.51. The number of aromatic nitrogens is 3. The average molecular weight is 342 g/mol. The summed E-state index contributed by atoms with van der Waals surface area (Å²) >= 11 is 0. The third kappa shape index (κ3) is 2.46. The maximum absolute atomic E-state index is 14.1. The highest BCUT2D eigenvalue weighted by Gasteiger charge is 2.40. The van der Waals surface area contributed by atoms with Crippen molar-refractivity contribution >= 4 is 9.84 Å². The summed E-state index contributed by atoms with van der Waals surface area (Å²) in [4.78, 5) is 3.43. The van der Waals surface area contributed by atoms with Gasteiger partial charge in [0.1, 0.15) is 0 Å². The fourth-order valence-electron chi connectivity index (χ4n) is 2.45. The van der Waals surface area contributed by atoms with Gasteiger partial charge in [-0.3, -0.25) is 0 Å². The standard InChI is InChI=1S/C13H9F3N4O2S/c14-9-5-10(8-3-1-2-7(4-8)6-17)20-11(9)18-13(19-20)23(21,22)12(15)16/h1-4,9-10,12H,5H2/t9-,10-/m0/s1. The SMILES string of the molecule is N#Cc1cccc([C@@H]2C[C@H](F)c3nc(S(=O)(=O)C(F)F)nn32)c1. The number of rotatable bonds is 3. The number of nitrogens with zero attached hydrogens (tertiary/aromatic N) is 4. The zero-order chi connectivity index (χ0) is 16.8. The van der Waals surface area contributed by atoms with Crippen molar-refractivity contribution in [2.24, 2.45) is 0 Å². The van der Waals surface area contributed by atoms with Crippen molar-refractivity contribution in [2.75, 3.05) is 0 Å². The average Bonchev–Trinajstić information content (AvgIpc) is 3.08. The molecule has 120 valence electrons. The van der Waals surface area contributed by atoms with E-state index in [0.29, 0.717) is 11.1 Å². The number of halogens is 3. The van der Waals surface area contributed by atoms with Crippen LogP contribution in [0.25, 0.3) is 0 Å². The van der Waals surface area contributed by atoms with Gasteiger partial charge in [0.15, 0.2) is 12.0 Å². The van der Waals surface area contributed by atoms with Crippen LogP contribution in [-0.4, -0.2) is 28.9 Å². The zero-order valence-corrected chi connectivity index (χ0v) is 12.2. The lowest BCUT2D eigenvalue weighted by Gasteiger charge is -2.11. The number of sulfone groups is 1. The van der Waals surface area contributed by atoms with Crippen LogP contribution >= 0.6 is 0 Å². The number of benzene rings is 1. The molecule has 23 heavy (non-hydrogen) atoms. The van der Waals surface area contributed by atoms with Crippen LogP contribution in [0, 0.1) is 11.3 Å². The van der Waals surface area contributed by atoms with E-state index in [1.54, 1.807) is 18.2 Å². The second kappa shape index (κ2) is 5.34. The molecular formula is C13H9F3N4O2S. The van der Waals surface area contributed by atoms with Gasteiger partial charge in [0.05, 0.1) is 17.7 Å². The van der Waals surface area contributed by atoms with E-state index in [4.69, 9.17) is 5.26 Å². The molecular weight excluding hydrogens is 333 g/mol. The Bertz CT molecular complexity index is 904. The Morgan fingerprint density at radius 1 is 1.39 bits per heavy atom. The Morgan fingerprint density at radius 3 is 2.78 bits per heavy atom. The molecule has 1 aromatic heterocycles. The minimum Gasteiger partial charge on any atom is -0.239 e.